The van der Waals surface area contributed by atoms with Gasteiger partial charge in [-0.3, -0.25) is 10.1 Å². The van der Waals surface area contributed by atoms with Gasteiger partial charge in [-0.15, -0.1) is 0 Å². The van der Waals surface area contributed by atoms with Gasteiger partial charge in [-0.05, 0) is 45.8 Å². The number of hydrogen-bond donors (Lipinski definition) is 2. The highest BCUT2D eigenvalue weighted by atomic mass is 16.6. The lowest BCUT2D eigenvalue weighted by Gasteiger charge is -2.36. The first-order valence-electron chi connectivity index (χ1n) is 7.23. The Morgan fingerprint density at radius 3 is 2.64 bits per heavy atom. The van der Waals surface area contributed by atoms with Gasteiger partial charge in [0.25, 0.3) is 0 Å². The van der Waals surface area contributed by atoms with Gasteiger partial charge in [0.05, 0.1) is 4.92 Å². The number of nitro groups is 1. The summed E-state index contributed by atoms with van der Waals surface area (Å²) in [6.07, 6.45) is 1.78. The molecule has 2 N–H and O–H groups in total. The summed E-state index contributed by atoms with van der Waals surface area (Å²) in [5.41, 5.74) is -1.39. The average Bonchev–Trinajstić information content (AvgIpc) is 2.47. The van der Waals surface area contributed by atoms with Crippen LogP contribution in [0.5, 0.6) is 5.75 Å². The standard InChI is InChI=1S/C15H20N2O5/c1-15(2,10-6-8-16-9-7-10)22-14(19)11-4-3-5-12(13(11)18)17(20)21/h3-5,10,16,18H,6-9H2,1-2H3. The van der Waals surface area contributed by atoms with Gasteiger partial charge < -0.3 is 15.2 Å². The number of nitro benzene ring substituents is 1. The number of carbonyl (C=O) groups excluding carboxylic acids is 1. The summed E-state index contributed by atoms with van der Waals surface area (Å²) in [6.45, 7) is 5.39. The summed E-state index contributed by atoms with van der Waals surface area (Å²) in [4.78, 5) is 22.4. The zero-order valence-corrected chi connectivity index (χ0v) is 12.7. The Hall–Kier alpha value is -2.15. The molecule has 1 saturated heterocycles. The van der Waals surface area contributed by atoms with E-state index >= 15 is 0 Å². The summed E-state index contributed by atoms with van der Waals surface area (Å²) in [7, 11) is 0. The van der Waals surface area contributed by atoms with Gasteiger partial charge in [0.15, 0.2) is 0 Å². The quantitative estimate of drug-likeness (QED) is 0.502. The van der Waals surface area contributed by atoms with E-state index in [1.165, 1.54) is 12.1 Å². The van der Waals surface area contributed by atoms with Crippen molar-refractivity contribution in [1.82, 2.24) is 5.32 Å². The van der Waals surface area contributed by atoms with Crippen LogP contribution < -0.4 is 5.32 Å². The van der Waals surface area contributed by atoms with Crippen LogP contribution in [0.2, 0.25) is 0 Å². The molecule has 0 aromatic heterocycles. The molecule has 0 bridgehead atoms. The molecule has 7 nitrogen and oxygen atoms in total. The second-order valence-corrected chi connectivity index (χ2v) is 5.95. The molecule has 1 fully saturated rings. The number of para-hydroxylation sites is 1. The lowest BCUT2D eigenvalue weighted by molar-refractivity contribution is -0.385. The number of nitrogens with zero attached hydrogens (tertiary/aromatic N) is 1. The molecule has 7 heteroatoms. The highest BCUT2D eigenvalue weighted by molar-refractivity contribution is 5.94. The number of carbonyl (C=O) groups is 1. The maximum atomic E-state index is 12.3. The molecule has 0 saturated carbocycles. The maximum absolute atomic E-state index is 12.3. The van der Waals surface area contributed by atoms with Crippen LogP contribution in [0.15, 0.2) is 18.2 Å². The molecule has 1 aliphatic rings. The molecule has 2 rings (SSSR count). The number of phenols is 1. The fourth-order valence-corrected chi connectivity index (χ4v) is 2.74. The molecule has 1 heterocycles. The summed E-state index contributed by atoms with van der Waals surface area (Å²) in [6, 6.07) is 3.82. The van der Waals surface area contributed by atoms with Crippen molar-refractivity contribution in [3.05, 3.63) is 33.9 Å². The Labute approximate surface area is 128 Å². The van der Waals surface area contributed by atoms with Crippen LogP contribution in [-0.2, 0) is 4.74 Å². The number of aromatic hydroxyl groups is 1. The van der Waals surface area contributed by atoms with Gasteiger partial charge in [0, 0.05) is 12.0 Å². The second-order valence-electron chi connectivity index (χ2n) is 5.95. The minimum Gasteiger partial charge on any atom is -0.501 e. The van der Waals surface area contributed by atoms with Crippen LogP contribution in [-0.4, -0.2) is 34.7 Å². The van der Waals surface area contributed by atoms with Gasteiger partial charge in [-0.2, -0.15) is 0 Å². The van der Waals surface area contributed by atoms with E-state index in [4.69, 9.17) is 4.74 Å². The zero-order valence-electron chi connectivity index (χ0n) is 12.7. The van der Waals surface area contributed by atoms with Crippen molar-refractivity contribution in [2.75, 3.05) is 13.1 Å². The SMILES string of the molecule is CC(C)(OC(=O)c1cccc([N+](=O)[O-])c1O)C1CCNCC1. The Balaban J connectivity index is 2.18. The normalized spacial score (nSPS) is 16.3. The first-order chi connectivity index (χ1) is 10.3. The third-order valence-electron chi connectivity index (χ3n) is 4.11. The van der Waals surface area contributed by atoms with E-state index in [0.29, 0.717) is 0 Å². The van der Waals surface area contributed by atoms with E-state index in [2.05, 4.69) is 5.32 Å². The largest absolute Gasteiger partial charge is 0.501 e. The third-order valence-corrected chi connectivity index (χ3v) is 4.11. The minimum absolute atomic E-state index is 0.184. The predicted octanol–water partition coefficient (Wildman–Crippen LogP) is 2.24. The van der Waals surface area contributed by atoms with Crippen molar-refractivity contribution >= 4 is 11.7 Å². The number of nitrogens with one attached hydrogen (secondary N) is 1. The van der Waals surface area contributed by atoms with Crippen LogP contribution in [0.25, 0.3) is 0 Å². The molecule has 1 aromatic rings. The monoisotopic (exact) mass is 308 g/mol. The topological polar surface area (TPSA) is 102 Å². The van der Waals surface area contributed by atoms with E-state index in [1.807, 2.05) is 13.8 Å². The Morgan fingerprint density at radius 1 is 1.41 bits per heavy atom. The van der Waals surface area contributed by atoms with Crippen LogP contribution in [0.4, 0.5) is 5.69 Å². The van der Waals surface area contributed by atoms with E-state index < -0.39 is 27.9 Å². The maximum Gasteiger partial charge on any atom is 0.342 e. The number of rotatable bonds is 4. The average molecular weight is 308 g/mol. The van der Waals surface area contributed by atoms with Crippen molar-refractivity contribution in [3.8, 4) is 5.75 Å². The fraction of sp³-hybridized carbons (Fsp3) is 0.533. The summed E-state index contributed by atoms with van der Waals surface area (Å²) >= 11 is 0. The van der Waals surface area contributed by atoms with Gasteiger partial charge >= 0.3 is 11.7 Å². The number of ether oxygens (including phenoxy) is 1. The van der Waals surface area contributed by atoms with Crippen LogP contribution in [0, 0.1) is 16.0 Å². The number of benzene rings is 1. The van der Waals surface area contributed by atoms with Crippen LogP contribution in [0.1, 0.15) is 37.0 Å². The molecule has 0 spiro atoms. The Kier molecular flexibility index (Phi) is 4.65. The van der Waals surface area contributed by atoms with E-state index in [1.54, 1.807) is 0 Å². The molecule has 0 amide bonds. The number of phenolic OH excluding ortho intramolecular Hbond substituents is 1. The second kappa shape index (κ2) is 6.31. The van der Waals surface area contributed by atoms with Crippen molar-refractivity contribution in [1.29, 1.82) is 0 Å². The molecule has 22 heavy (non-hydrogen) atoms. The number of piperidine rings is 1. The van der Waals surface area contributed by atoms with Crippen molar-refractivity contribution in [3.63, 3.8) is 0 Å². The minimum atomic E-state index is -0.746. The smallest absolute Gasteiger partial charge is 0.342 e. The first kappa shape index (κ1) is 16.2. The molecule has 1 aromatic carbocycles. The van der Waals surface area contributed by atoms with Gasteiger partial charge in [-0.25, -0.2) is 4.79 Å². The van der Waals surface area contributed by atoms with Crippen molar-refractivity contribution in [2.45, 2.75) is 32.3 Å². The molecule has 0 unspecified atom stereocenters. The van der Waals surface area contributed by atoms with Gasteiger partial charge in [-0.1, -0.05) is 6.07 Å². The molecule has 0 radical (unpaired) electrons. The lowest BCUT2D eigenvalue weighted by atomic mass is 9.83. The molecular weight excluding hydrogens is 288 g/mol. The summed E-state index contributed by atoms with van der Waals surface area (Å²) in [5.74, 6) is -1.19. The predicted molar refractivity (Wildman–Crippen MR) is 79.8 cm³/mol. The van der Waals surface area contributed by atoms with Gasteiger partial charge in [0.1, 0.15) is 11.2 Å². The lowest BCUT2D eigenvalue weighted by Crippen LogP contribution is -2.42. The Morgan fingerprint density at radius 2 is 2.05 bits per heavy atom. The van der Waals surface area contributed by atoms with Crippen molar-refractivity contribution in [2.24, 2.45) is 5.92 Å². The van der Waals surface area contributed by atoms with Crippen molar-refractivity contribution < 1.29 is 19.6 Å². The fourth-order valence-electron chi connectivity index (χ4n) is 2.74. The molecule has 0 atom stereocenters. The van der Waals surface area contributed by atoms with Crippen LogP contribution >= 0.6 is 0 Å². The number of hydrogen-bond acceptors (Lipinski definition) is 6. The summed E-state index contributed by atoms with van der Waals surface area (Å²) in [5, 5.41) is 23.9. The van der Waals surface area contributed by atoms with Gasteiger partial charge in [0.2, 0.25) is 5.75 Å². The molecule has 0 aliphatic carbocycles. The first-order valence-corrected chi connectivity index (χ1v) is 7.23. The number of esters is 1. The highest BCUT2D eigenvalue weighted by Crippen LogP contribution is 2.33. The Bertz CT molecular complexity index is 579. The third kappa shape index (κ3) is 3.36. The molecule has 1 aliphatic heterocycles. The van der Waals surface area contributed by atoms with E-state index in [9.17, 15) is 20.0 Å². The van der Waals surface area contributed by atoms with E-state index in [-0.39, 0.29) is 11.5 Å². The highest BCUT2D eigenvalue weighted by Gasteiger charge is 2.35. The molecule has 120 valence electrons. The van der Waals surface area contributed by atoms with E-state index in [0.717, 1.165) is 32.0 Å². The zero-order chi connectivity index (χ0) is 16.3. The summed E-state index contributed by atoms with van der Waals surface area (Å²) < 4.78 is 5.53. The van der Waals surface area contributed by atoms with Crippen LogP contribution in [0.3, 0.4) is 0 Å². The molecular formula is C15H20N2O5.